The van der Waals surface area contributed by atoms with E-state index < -0.39 is 19.1 Å². The number of anilines is 1. The first-order chi connectivity index (χ1) is 17.0. The number of nitrogens with one attached hydrogen (secondary N) is 2. The van der Waals surface area contributed by atoms with Gasteiger partial charge in [-0.15, -0.1) is 0 Å². The summed E-state index contributed by atoms with van der Waals surface area (Å²) in [6.45, 7) is 1.06. The number of ether oxygens (including phenoxy) is 3. The number of methoxy groups -OCH3 is 1. The average molecular weight is 481 g/mol. The number of hydrazone groups is 1. The molecule has 3 aromatic rings. The SMILES string of the molecule is CCC1OC(=O)N(Cc2ccc(NC(=O)c3cc[nH]n3)cc2)N=C1c1ccc(OCF)c(OC)c1. The van der Waals surface area contributed by atoms with Crippen molar-refractivity contribution in [3.8, 4) is 11.5 Å². The van der Waals surface area contributed by atoms with Crippen molar-refractivity contribution in [2.75, 3.05) is 19.3 Å². The topological polar surface area (TPSA) is 118 Å². The largest absolute Gasteiger partial charge is 0.493 e. The van der Waals surface area contributed by atoms with Gasteiger partial charge in [0, 0.05) is 17.4 Å². The first-order valence-corrected chi connectivity index (χ1v) is 10.9. The number of alkyl halides is 1. The molecule has 1 aliphatic heterocycles. The highest BCUT2D eigenvalue weighted by Gasteiger charge is 2.31. The van der Waals surface area contributed by atoms with Crippen LogP contribution in [0.3, 0.4) is 0 Å². The van der Waals surface area contributed by atoms with Crippen molar-refractivity contribution >= 4 is 23.4 Å². The molecule has 0 spiro atoms. The molecule has 2 heterocycles. The molecule has 1 aromatic heterocycles. The molecule has 2 aromatic carbocycles. The number of aromatic amines is 1. The number of aromatic nitrogens is 2. The van der Waals surface area contributed by atoms with Gasteiger partial charge in [-0.25, -0.2) is 9.18 Å². The Morgan fingerprint density at radius 2 is 2.00 bits per heavy atom. The Kier molecular flexibility index (Phi) is 7.24. The Labute approximate surface area is 200 Å². The van der Waals surface area contributed by atoms with Gasteiger partial charge in [0.25, 0.3) is 5.91 Å². The van der Waals surface area contributed by atoms with E-state index >= 15 is 0 Å². The van der Waals surface area contributed by atoms with Gasteiger partial charge in [0.05, 0.1) is 13.7 Å². The number of benzene rings is 2. The molecule has 35 heavy (non-hydrogen) atoms. The fourth-order valence-electron chi connectivity index (χ4n) is 3.55. The van der Waals surface area contributed by atoms with Gasteiger partial charge < -0.3 is 19.5 Å². The molecule has 0 aliphatic carbocycles. The minimum absolute atomic E-state index is 0.159. The number of H-pyrrole nitrogens is 1. The van der Waals surface area contributed by atoms with Crippen LogP contribution in [0.25, 0.3) is 0 Å². The summed E-state index contributed by atoms with van der Waals surface area (Å²) < 4.78 is 28.5. The van der Waals surface area contributed by atoms with Gasteiger partial charge in [0.2, 0.25) is 6.86 Å². The Hall–Kier alpha value is -4.41. The Balaban J connectivity index is 1.52. The first kappa shape index (κ1) is 23.7. The van der Waals surface area contributed by atoms with Crippen LogP contribution in [0, 0.1) is 0 Å². The summed E-state index contributed by atoms with van der Waals surface area (Å²) in [6.07, 6.45) is 0.973. The van der Waals surface area contributed by atoms with E-state index in [1.807, 2.05) is 6.92 Å². The van der Waals surface area contributed by atoms with Crippen molar-refractivity contribution in [3.63, 3.8) is 0 Å². The molecular formula is C24H24FN5O5. The number of cyclic esters (lactones) is 1. The number of carbonyl (C=O) groups excluding carboxylic acids is 2. The van der Waals surface area contributed by atoms with E-state index in [2.05, 4.69) is 20.6 Å². The van der Waals surface area contributed by atoms with Crippen molar-refractivity contribution in [3.05, 3.63) is 71.5 Å². The van der Waals surface area contributed by atoms with Crippen molar-refractivity contribution < 1.29 is 28.2 Å². The molecule has 0 radical (unpaired) electrons. The summed E-state index contributed by atoms with van der Waals surface area (Å²) in [5.74, 6) is 0.266. The molecule has 182 valence electrons. The number of rotatable bonds is 9. The van der Waals surface area contributed by atoms with E-state index in [-0.39, 0.29) is 23.9 Å². The maximum absolute atomic E-state index is 12.6. The molecule has 10 nitrogen and oxygen atoms in total. The van der Waals surface area contributed by atoms with Gasteiger partial charge >= 0.3 is 6.09 Å². The first-order valence-electron chi connectivity index (χ1n) is 10.9. The number of hydrogen-bond acceptors (Lipinski definition) is 7. The van der Waals surface area contributed by atoms with Gasteiger partial charge in [0.15, 0.2) is 11.5 Å². The van der Waals surface area contributed by atoms with Crippen LogP contribution in [0.2, 0.25) is 0 Å². The number of halogens is 1. The Morgan fingerprint density at radius 1 is 1.20 bits per heavy atom. The van der Waals surface area contributed by atoms with Gasteiger partial charge in [-0.2, -0.15) is 15.2 Å². The fraction of sp³-hybridized carbons (Fsp3) is 0.250. The highest BCUT2D eigenvalue weighted by Crippen LogP contribution is 2.30. The molecule has 2 amide bonds. The lowest BCUT2D eigenvalue weighted by Gasteiger charge is -2.29. The van der Waals surface area contributed by atoms with Gasteiger partial charge in [-0.05, 0) is 48.4 Å². The standard InChI is InChI=1S/C24H24FN5O5/c1-3-19-22(16-6-9-20(34-14-25)21(12-16)33-2)29-30(24(32)35-19)13-15-4-7-17(8-5-15)27-23(31)18-10-11-26-28-18/h4-12,19H,3,13-14H2,1-2H3,(H,26,28)(H,27,31). The third-order valence-corrected chi connectivity index (χ3v) is 5.31. The zero-order valence-corrected chi connectivity index (χ0v) is 19.2. The zero-order chi connectivity index (χ0) is 24.8. The van der Waals surface area contributed by atoms with E-state index in [9.17, 15) is 14.0 Å². The van der Waals surface area contributed by atoms with Crippen LogP contribution in [0.5, 0.6) is 11.5 Å². The minimum Gasteiger partial charge on any atom is -0.493 e. The van der Waals surface area contributed by atoms with E-state index in [4.69, 9.17) is 14.2 Å². The summed E-state index contributed by atoms with van der Waals surface area (Å²) in [5.41, 5.74) is 2.84. The van der Waals surface area contributed by atoms with Gasteiger partial charge in [0.1, 0.15) is 17.5 Å². The molecule has 0 saturated heterocycles. The molecule has 11 heteroatoms. The number of hydrogen-bond donors (Lipinski definition) is 2. The molecule has 2 N–H and O–H groups in total. The fourth-order valence-corrected chi connectivity index (χ4v) is 3.55. The van der Waals surface area contributed by atoms with Crippen LogP contribution < -0.4 is 14.8 Å². The molecule has 1 aliphatic rings. The van der Waals surface area contributed by atoms with Crippen LogP contribution in [0.4, 0.5) is 14.9 Å². The highest BCUT2D eigenvalue weighted by atomic mass is 19.1. The average Bonchev–Trinajstić information content (AvgIpc) is 3.42. The number of amides is 2. The maximum Gasteiger partial charge on any atom is 0.431 e. The summed E-state index contributed by atoms with van der Waals surface area (Å²) in [5, 5.41) is 15.0. The Bertz CT molecular complexity index is 1210. The third-order valence-electron chi connectivity index (χ3n) is 5.31. The van der Waals surface area contributed by atoms with Crippen molar-refractivity contribution in [2.24, 2.45) is 5.10 Å². The monoisotopic (exact) mass is 481 g/mol. The van der Waals surface area contributed by atoms with E-state index in [1.165, 1.54) is 12.1 Å². The quantitative estimate of drug-likeness (QED) is 0.475. The molecule has 0 saturated carbocycles. The summed E-state index contributed by atoms with van der Waals surface area (Å²) >= 11 is 0. The minimum atomic E-state index is -0.981. The Morgan fingerprint density at radius 3 is 2.66 bits per heavy atom. The molecule has 1 atom stereocenters. The van der Waals surface area contributed by atoms with Crippen LogP contribution in [-0.2, 0) is 11.3 Å². The van der Waals surface area contributed by atoms with E-state index in [0.717, 1.165) is 5.56 Å². The molecular weight excluding hydrogens is 457 g/mol. The lowest BCUT2D eigenvalue weighted by Crippen LogP contribution is -2.41. The molecule has 0 fully saturated rings. The summed E-state index contributed by atoms with van der Waals surface area (Å²) in [7, 11) is 1.46. The lowest BCUT2D eigenvalue weighted by molar-refractivity contribution is 0.0712. The van der Waals surface area contributed by atoms with Crippen molar-refractivity contribution in [1.29, 1.82) is 0 Å². The van der Waals surface area contributed by atoms with E-state index in [1.54, 1.807) is 54.7 Å². The molecule has 4 rings (SSSR count). The van der Waals surface area contributed by atoms with Crippen LogP contribution >= 0.6 is 0 Å². The number of nitrogens with zero attached hydrogens (tertiary/aromatic N) is 3. The predicted molar refractivity (Wildman–Crippen MR) is 125 cm³/mol. The van der Waals surface area contributed by atoms with Gasteiger partial charge in [-0.3, -0.25) is 9.89 Å². The molecule has 1 unspecified atom stereocenters. The predicted octanol–water partition coefficient (Wildman–Crippen LogP) is 4.11. The molecule has 0 bridgehead atoms. The third kappa shape index (κ3) is 5.40. The number of carbonyl (C=O) groups is 2. The maximum atomic E-state index is 12.6. The van der Waals surface area contributed by atoms with Crippen molar-refractivity contribution in [1.82, 2.24) is 15.2 Å². The highest BCUT2D eigenvalue weighted by molar-refractivity contribution is 6.06. The summed E-state index contributed by atoms with van der Waals surface area (Å²) in [4.78, 5) is 24.7. The second-order valence-electron chi connectivity index (χ2n) is 7.55. The van der Waals surface area contributed by atoms with Crippen LogP contribution in [0.15, 0.2) is 59.8 Å². The van der Waals surface area contributed by atoms with Crippen LogP contribution in [0.1, 0.15) is 35.0 Å². The summed E-state index contributed by atoms with van der Waals surface area (Å²) in [6, 6.07) is 13.5. The van der Waals surface area contributed by atoms with Crippen LogP contribution in [-0.4, -0.2) is 53.0 Å². The lowest BCUT2D eigenvalue weighted by atomic mass is 10.0. The normalized spacial score (nSPS) is 15.3. The second kappa shape index (κ2) is 10.7. The smallest absolute Gasteiger partial charge is 0.431 e. The van der Waals surface area contributed by atoms with Gasteiger partial charge in [-0.1, -0.05) is 19.1 Å². The van der Waals surface area contributed by atoms with E-state index in [0.29, 0.717) is 29.1 Å². The zero-order valence-electron chi connectivity index (χ0n) is 19.2. The van der Waals surface area contributed by atoms with Crippen molar-refractivity contribution in [2.45, 2.75) is 26.0 Å². The second-order valence-corrected chi connectivity index (χ2v) is 7.55.